The highest BCUT2D eigenvalue weighted by atomic mass is 32.2. The third-order valence-electron chi connectivity index (χ3n) is 6.79. The summed E-state index contributed by atoms with van der Waals surface area (Å²) in [7, 11) is -5.68. The molecule has 5 rings (SSSR count). The molecule has 0 radical (unpaired) electrons. The van der Waals surface area contributed by atoms with Crippen molar-refractivity contribution in [3.8, 4) is 16.9 Å². The first-order valence-corrected chi connectivity index (χ1v) is 11.4. The Balaban J connectivity index is 1.68. The fourth-order valence-corrected chi connectivity index (χ4v) is 6.07. The van der Waals surface area contributed by atoms with Crippen LogP contribution in [0.5, 0.6) is 5.75 Å². The predicted molar refractivity (Wildman–Crippen MR) is 104 cm³/mol. The number of hydrogen-bond acceptors (Lipinski definition) is 3. The Bertz CT molecular complexity index is 1120. The topological polar surface area (TPSA) is 43.4 Å². The van der Waals surface area contributed by atoms with Gasteiger partial charge in [0.1, 0.15) is 5.75 Å². The molecular formula is C22H21F3O3S. The summed E-state index contributed by atoms with van der Waals surface area (Å²) in [5.74, 6) is 0.157. The van der Waals surface area contributed by atoms with Gasteiger partial charge in [-0.15, -0.1) is 0 Å². The largest absolute Gasteiger partial charge is 0.534 e. The maximum atomic E-state index is 12.9. The summed E-state index contributed by atoms with van der Waals surface area (Å²) >= 11 is 0. The molecule has 2 atom stereocenters. The quantitative estimate of drug-likeness (QED) is 0.468. The van der Waals surface area contributed by atoms with E-state index in [0.717, 1.165) is 55.2 Å². The van der Waals surface area contributed by atoms with E-state index in [2.05, 4.69) is 23.2 Å². The van der Waals surface area contributed by atoms with Gasteiger partial charge in [-0.2, -0.15) is 21.6 Å². The van der Waals surface area contributed by atoms with Crippen molar-refractivity contribution in [1.82, 2.24) is 0 Å². The van der Waals surface area contributed by atoms with E-state index in [1.807, 2.05) is 0 Å². The van der Waals surface area contributed by atoms with Crippen molar-refractivity contribution in [3.63, 3.8) is 0 Å². The molecule has 0 aliphatic heterocycles. The summed E-state index contributed by atoms with van der Waals surface area (Å²) in [6.07, 6.45) is 5.84. The van der Waals surface area contributed by atoms with Crippen LogP contribution in [0.1, 0.15) is 65.3 Å². The van der Waals surface area contributed by atoms with Gasteiger partial charge >= 0.3 is 15.6 Å². The summed E-state index contributed by atoms with van der Waals surface area (Å²) in [6, 6.07) is 7.38. The van der Waals surface area contributed by atoms with Crippen LogP contribution in [-0.4, -0.2) is 13.9 Å². The maximum Gasteiger partial charge on any atom is 0.534 e. The Morgan fingerprint density at radius 1 is 0.931 bits per heavy atom. The lowest BCUT2D eigenvalue weighted by Crippen LogP contribution is -2.28. The van der Waals surface area contributed by atoms with E-state index in [4.69, 9.17) is 0 Å². The van der Waals surface area contributed by atoms with E-state index in [9.17, 15) is 21.6 Å². The van der Waals surface area contributed by atoms with Gasteiger partial charge < -0.3 is 4.18 Å². The summed E-state index contributed by atoms with van der Waals surface area (Å²) in [5, 5.41) is 0. The van der Waals surface area contributed by atoms with Crippen LogP contribution in [0.25, 0.3) is 11.1 Å². The number of halogens is 3. The summed E-state index contributed by atoms with van der Waals surface area (Å²) in [5.41, 5.74) is 2.36. The van der Waals surface area contributed by atoms with Crippen molar-refractivity contribution < 1.29 is 25.8 Å². The Morgan fingerprint density at radius 2 is 1.59 bits per heavy atom. The fourth-order valence-electron chi connectivity index (χ4n) is 5.59. The molecule has 0 amide bonds. The second-order valence-corrected chi connectivity index (χ2v) is 9.91. The molecule has 0 N–H and O–H groups in total. The van der Waals surface area contributed by atoms with Crippen LogP contribution in [0.15, 0.2) is 24.3 Å². The summed E-state index contributed by atoms with van der Waals surface area (Å²) in [6.45, 7) is 2.11. The minimum absolute atomic E-state index is 0.0619. The summed E-state index contributed by atoms with van der Waals surface area (Å²) < 4.78 is 66.5. The minimum Gasteiger partial charge on any atom is -0.376 e. The zero-order chi connectivity index (χ0) is 20.6. The Labute approximate surface area is 168 Å². The fraction of sp³-hybridized carbons (Fsp3) is 0.455. The standard InChI is InChI=1S/C22H21F3O3S/c1-12-5-8-17(16-4-2-3-15(12)16)18-9-10-19(28-29(26,27)22(23,24)25)21-14-7-6-13(11-14)20(18)21/h5,8-10,13-14H,2-4,6-7,11H2,1H3. The van der Waals surface area contributed by atoms with Gasteiger partial charge in [-0.3, -0.25) is 0 Å². The van der Waals surface area contributed by atoms with Gasteiger partial charge in [-0.05, 0) is 96.7 Å². The molecule has 0 heterocycles. The number of alkyl halides is 3. The second-order valence-electron chi connectivity index (χ2n) is 8.37. The van der Waals surface area contributed by atoms with E-state index < -0.39 is 15.6 Å². The van der Waals surface area contributed by atoms with Crippen molar-refractivity contribution >= 4 is 10.1 Å². The number of hydrogen-bond donors (Lipinski definition) is 0. The van der Waals surface area contributed by atoms with Crippen molar-refractivity contribution in [2.45, 2.75) is 62.8 Å². The molecule has 154 valence electrons. The maximum absolute atomic E-state index is 12.9. The molecule has 29 heavy (non-hydrogen) atoms. The number of aryl methyl sites for hydroxylation is 1. The molecule has 2 unspecified atom stereocenters. The smallest absolute Gasteiger partial charge is 0.376 e. The third kappa shape index (κ3) is 2.80. The molecule has 1 fully saturated rings. The van der Waals surface area contributed by atoms with E-state index in [1.54, 1.807) is 6.07 Å². The minimum atomic E-state index is -5.68. The lowest BCUT2D eigenvalue weighted by molar-refractivity contribution is -0.0500. The summed E-state index contributed by atoms with van der Waals surface area (Å²) in [4.78, 5) is 0. The highest BCUT2D eigenvalue weighted by molar-refractivity contribution is 7.88. The van der Waals surface area contributed by atoms with Crippen LogP contribution in [0.2, 0.25) is 0 Å². The van der Waals surface area contributed by atoms with Gasteiger partial charge in [-0.1, -0.05) is 18.2 Å². The van der Waals surface area contributed by atoms with Gasteiger partial charge in [0.25, 0.3) is 0 Å². The van der Waals surface area contributed by atoms with Gasteiger partial charge in [0.05, 0.1) is 0 Å². The first-order valence-electron chi connectivity index (χ1n) is 9.96. The lowest BCUT2D eigenvalue weighted by atomic mass is 9.83. The zero-order valence-corrected chi connectivity index (χ0v) is 16.8. The van der Waals surface area contributed by atoms with Crippen LogP contribution in [0, 0.1) is 6.92 Å². The van der Waals surface area contributed by atoms with Crippen LogP contribution in [0.4, 0.5) is 13.2 Å². The van der Waals surface area contributed by atoms with Gasteiger partial charge in [-0.25, -0.2) is 0 Å². The van der Waals surface area contributed by atoms with E-state index in [0.29, 0.717) is 5.56 Å². The van der Waals surface area contributed by atoms with Crippen LogP contribution in [0.3, 0.4) is 0 Å². The Morgan fingerprint density at radius 3 is 2.31 bits per heavy atom. The molecule has 2 aromatic carbocycles. The molecule has 3 aliphatic rings. The zero-order valence-electron chi connectivity index (χ0n) is 16.0. The van der Waals surface area contributed by atoms with Crippen LogP contribution >= 0.6 is 0 Å². The number of rotatable bonds is 3. The van der Waals surface area contributed by atoms with E-state index in [1.165, 1.54) is 22.8 Å². The van der Waals surface area contributed by atoms with Gasteiger partial charge in [0, 0.05) is 5.56 Å². The second kappa shape index (κ2) is 6.24. The third-order valence-corrected chi connectivity index (χ3v) is 7.75. The average molecular weight is 422 g/mol. The molecule has 2 aromatic rings. The molecule has 1 saturated carbocycles. The Kier molecular flexibility index (Phi) is 4.08. The normalized spacial score (nSPS) is 22.6. The molecule has 2 bridgehead atoms. The average Bonchev–Trinajstić information content (AvgIpc) is 3.38. The molecular weight excluding hydrogens is 401 g/mol. The monoisotopic (exact) mass is 422 g/mol. The van der Waals surface area contributed by atoms with Crippen molar-refractivity contribution in [2.24, 2.45) is 0 Å². The highest BCUT2D eigenvalue weighted by Gasteiger charge is 2.50. The van der Waals surface area contributed by atoms with Gasteiger partial charge in [0.2, 0.25) is 0 Å². The van der Waals surface area contributed by atoms with Crippen molar-refractivity contribution in [1.29, 1.82) is 0 Å². The van der Waals surface area contributed by atoms with Crippen LogP contribution in [-0.2, 0) is 23.0 Å². The molecule has 7 heteroatoms. The highest BCUT2D eigenvalue weighted by Crippen LogP contribution is 2.59. The molecule has 3 nitrogen and oxygen atoms in total. The molecule has 0 saturated heterocycles. The number of fused-ring (bicyclic) bond motifs is 6. The lowest BCUT2D eigenvalue weighted by Gasteiger charge is -2.24. The van der Waals surface area contributed by atoms with E-state index in [-0.39, 0.29) is 17.6 Å². The first-order chi connectivity index (χ1) is 13.7. The molecule has 0 aromatic heterocycles. The first kappa shape index (κ1) is 19.0. The Hall–Kier alpha value is -2.02. The molecule has 0 spiro atoms. The van der Waals surface area contributed by atoms with E-state index >= 15 is 0 Å². The predicted octanol–water partition coefficient (Wildman–Crippen LogP) is 5.74. The number of benzene rings is 2. The van der Waals surface area contributed by atoms with Gasteiger partial charge in [0.15, 0.2) is 0 Å². The van der Waals surface area contributed by atoms with Crippen molar-refractivity contribution in [3.05, 3.63) is 52.1 Å². The molecule has 3 aliphatic carbocycles. The van der Waals surface area contributed by atoms with Crippen LogP contribution < -0.4 is 4.18 Å². The SMILES string of the molecule is Cc1ccc(-c2ccc(OS(=O)(=O)C(F)(F)F)c3c2C2CCC3C2)c2c1CCC2. The van der Waals surface area contributed by atoms with Crippen molar-refractivity contribution in [2.75, 3.05) is 0 Å².